The Balaban J connectivity index is 1.23. The molecule has 0 spiro atoms. The zero-order valence-corrected chi connectivity index (χ0v) is 22.4. The van der Waals surface area contributed by atoms with Crippen molar-refractivity contribution in [1.82, 2.24) is 24.3 Å². The van der Waals surface area contributed by atoms with Crippen molar-refractivity contribution in [2.45, 2.75) is 12.8 Å². The normalized spacial score (nSPS) is 15.7. The fraction of sp³-hybridized carbons (Fsp3) is 0.207. The molecule has 1 fully saturated rings. The number of amides is 2. The first-order valence-corrected chi connectivity index (χ1v) is 13.4. The molecule has 0 saturated carbocycles. The largest absolute Gasteiger partial charge is 0.339 e. The minimum Gasteiger partial charge on any atom is -0.339 e. The Labute approximate surface area is 236 Å². The first-order valence-electron chi connectivity index (χ1n) is 13.0. The van der Waals surface area contributed by atoms with Gasteiger partial charge in [0.05, 0.1) is 31.2 Å². The number of piperazine rings is 1. The highest BCUT2D eigenvalue weighted by Gasteiger charge is 2.37. The van der Waals surface area contributed by atoms with Crippen LogP contribution in [0.15, 0.2) is 73.2 Å². The Morgan fingerprint density at radius 1 is 1.00 bits per heavy atom. The van der Waals surface area contributed by atoms with E-state index in [0.29, 0.717) is 49.4 Å². The summed E-state index contributed by atoms with van der Waals surface area (Å²) in [7, 11) is 0. The number of aromatic nitrogens is 3. The maximum atomic E-state index is 13.4. The summed E-state index contributed by atoms with van der Waals surface area (Å²) in [6.45, 7) is 2.01. The molecular weight excluding hydrogens is 526 g/mol. The molecule has 6 rings (SSSR count). The lowest BCUT2D eigenvalue weighted by molar-refractivity contribution is 0.177. The summed E-state index contributed by atoms with van der Waals surface area (Å²) in [5, 5.41) is 20.0. The lowest BCUT2D eigenvalue weighted by Crippen LogP contribution is -2.59. The number of halogens is 1. The number of hydrogen-bond donors (Lipinski definition) is 3. The molecule has 6 bridgehead atoms. The molecule has 0 unspecified atom stereocenters. The lowest BCUT2D eigenvalue weighted by atomic mass is 10.0. The van der Waals surface area contributed by atoms with E-state index in [0.717, 1.165) is 40.3 Å². The van der Waals surface area contributed by atoms with Crippen molar-refractivity contribution >= 4 is 52.1 Å². The maximum Gasteiger partial charge on any atom is 0.322 e. The number of carbonyl (C=O) groups excluding carboxylic acids is 1. The van der Waals surface area contributed by atoms with Gasteiger partial charge in [0.1, 0.15) is 23.8 Å². The molecule has 40 heavy (non-hydrogen) atoms. The van der Waals surface area contributed by atoms with E-state index < -0.39 is 0 Å². The van der Waals surface area contributed by atoms with Gasteiger partial charge in [-0.2, -0.15) is 9.47 Å². The average Bonchev–Trinajstić information content (AvgIpc) is 2.99. The summed E-state index contributed by atoms with van der Waals surface area (Å²) in [6.07, 6.45) is 8.96. The molecule has 3 N–H and O–H groups in total. The van der Waals surface area contributed by atoms with Crippen molar-refractivity contribution in [3.8, 4) is 6.19 Å². The van der Waals surface area contributed by atoms with Gasteiger partial charge in [0.2, 0.25) is 5.95 Å². The number of aryl methyl sites for hydroxylation is 2. The second kappa shape index (κ2) is 10.8. The molecular formula is C29H27ClN9O+. The number of anilines is 5. The number of hydrogen-bond acceptors (Lipinski definition) is 7. The van der Waals surface area contributed by atoms with E-state index in [9.17, 15) is 10.1 Å². The van der Waals surface area contributed by atoms with Crippen molar-refractivity contribution in [1.29, 1.82) is 5.26 Å². The average molecular weight is 553 g/mol. The minimum atomic E-state index is -0.181. The smallest absolute Gasteiger partial charge is 0.322 e. The van der Waals surface area contributed by atoms with E-state index in [4.69, 9.17) is 11.6 Å². The second-order valence-electron chi connectivity index (χ2n) is 9.86. The van der Waals surface area contributed by atoms with Gasteiger partial charge in [0.15, 0.2) is 5.82 Å². The predicted octanol–water partition coefficient (Wildman–Crippen LogP) is 5.45. The Morgan fingerprint density at radius 3 is 2.62 bits per heavy atom. The van der Waals surface area contributed by atoms with E-state index in [1.54, 1.807) is 17.3 Å². The molecule has 4 aromatic rings. The van der Waals surface area contributed by atoms with Crippen LogP contribution in [0.1, 0.15) is 11.1 Å². The van der Waals surface area contributed by atoms with Gasteiger partial charge < -0.3 is 20.9 Å². The summed E-state index contributed by atoms with van der Waals surface area (Å²) in [6, 6.07) is 17.4. The van der Waals surface area contributed by atoms with Gasteiger partial charge in [-0.3, -0.25) is 4.98 Å². The molecule has 200 valence electrons. The molecule has 2 amide bonds. The van der Waals surface area contributed by atoms with Crippen molar-refractivity contribution in [3.63, 3.8) is 0 Å². The van der Waals surface area contributed by atoms with Crippen LogP contribution in [0.5, 0.6) is 0 Å². The number of pyridine rings is 1. The zero-order valence-electron chi connectivity index (χ0n) is 21.6. The van der Waals surface area contributed by atoms with Gasteiger partial charge in [-0.05, 0) is 48.2 Å². The fourth-order valence-electron chi connectivity index (χ4n) is 5.09. The quantitative estimate of drug-likeness (QED) is 0.223. The topological polar surface area (TPSA) is 119 Å². The fourth-order valence-corrected chi connectivity index (χ4v) is 5.22. The second-order valence-corrected chi connectivity index (χ2v) is 10.3. The third-order valence-electron chi connectivity index (χ3n) is 7.32. The van der Waals surface area contributed by atoms with Crippen LogP contribution in [0.25, 0.3) is 0 Å². The van der Waals surface area contributed by atoms with Crippen molar-refractivity contribution in [2.75, 3.05) is 42.1 Å². The number of nitriles is 1. The third-order valence-corrected chi connectivity index (χ3v) is 7.60. The Hall–Kier alpha value is -4.72. The van der Waals surface area contributed by atoms with Crippen LogP contribution in [0.4, 0.5) is 39.3 Å². The number of urea groups is 1. The number of nitrogens with zero attached hydrogens (tertiary/aromatic N) is 6. The lowest BCUT2D eigenvalue weighted by Gasteiger charge is -2.37. The monoisotopic (exact) mass is 552 g/mol. The zero-order chi connectivity index (χ0) is 27.5. The molecule has 1 saturated heterocycles. The van der Waals surface area contributed by atoms with E-state index >= 15 is 0 Å². The van der Waals surface area contributed by atoms with Gasteiger partial charge in [-0.25, -0.2) is 9.78 Å². The molecule has 2 aliphatic rings. The van der Waals surface area contributed by atoms with Crippen LogP contribution in [0, 0.1) is 11.5 Å². The van der Waals surface area contributed by atoms with Gasteiger partial charge in [-0.15, -0.1) is 5.26 Å². The molecule has 10 nitrogen and oxygen atoms in total. The summed E-state index contributed by atoms with van der Waals surface area (Å²) < 4.78 is 0.200. The molecule has 11 heteroatoms. The van der Waals surface area contributed by atoms with Crippen LogP contribution >= 0.6 is 11.6 Å². The van der Waals surface area contributed by atoms with Gasteiger partial charge in [0, 0.05) is 29.7 Å². The van der Waals surface area contributed by atoms with Crippen LogP contribution in [-0.4, -0.2) is 52.1 Å². The number of para-hydroxylation sites is 1. The van der Waals surface area contributed by atoms with Gasteiger partial charge >= 0.3 is 12.2 Å². The van der Waals surface area contributed by atoms with Gasteiger partial charge in [-0.1, -0.05) is 29.8 Å². The van der Waals surface area contributed by atoms with E-state index in [2.05, 4.69) is 37.1 Å². The first kappa shape index (κ1) is 25.6. The molecule has 2 aromatic carbocycles. The summed E-state index contributed by atoms with van der Waals surface area (Å²) in [5.74, 6) is 0.873. The molecule has 2 aliphatic heterocycles. The van der Waals surface area contributed by atoms with Crippen LogP contribution in [0.3, 0.4) is 0 Å². The Morgan fingerprint density at radius 2 is 1.82 bits per heavy atom. The molecule has 2 aromatic heterocycles. The third kappa shape index (κ3) is 5.25. The number of carbonyl (C=O) groups is 1. The van der Waals surface area contributed by atoms with Crippen LogP contribution in [0.2, 0.25) is 5.02 Å². The van der Waals surface area contributed by atoms with Crippen LogP contribution < -0.4 is 20.4 Å². The highest BCUT2D eigenvalue weighted by Crippen LogP contribution is 2.30. The van der Waals surface area contributed by atoms with Gasteiger partial charge in [0.25, 0.3) is 0 Å². The Bertz CT molecular complexity index is 1600. The number of quaternary nitrogens is 1. The van der Waals surface area contributed by atoms with E-state index in [-0.39, 0.29) is 10.5 Å². The maximum absolute atomic E-state index is 13.4. The number of benzene rings is 2. The number of rotatable bonds is 2. The first-order chi connectivity index (χ1) is 19.5. The van der Waals surface area contributed by atoms with Crippen LogP contribution in [-0.2, 0) is 12.8 Å². The highest BCUT2D eigenvalue weighted by molar-refractivity contribution is 6.32. The number of fused-ring (bicyclic) bond motifs is 6. The minimum absolute atomic E-state index is 0.181. The van der Waals surface area contributed by atoms with Crippen molar-refractivity contribution in [3.05, 3.63) is 89.3 Å². The summed E-state index contributed by atoms with van der Waals surface area (Å²) in [5.41, 5.74) is 5.25. The van der Waals surface area contributed by atoms with Crippen molar-refractivity contribution in [2.24, 2.45) is 0 Å². The Kier molecular flexibility index (Phi) is 6.90. The molecule has 4 heterocycles. The summed E-state index contributed by atoms with van der Waals surface area (Å²) >= 11 is 6.38. The summed E-state index contributed by atoms with van der Waals surface area (Å²) in [4.78, 5) is 28.3. The predicted molar refractivity (Wildman–Crippen MR) is 156 cm³/mol. The standard InChI is InChI=1S/C29H26ClN9O/c30-25-18-33-28-35-23-14-20(16-32-17-23)6-7-21-15-22(34-27(25)37-28)8-9-26(21)36-29(40)38-10-12-39(19-31,13-11-38)24-4-2-1-3-5-24/h1-5,8-9,14-18H,6-7,10-13H2,(H2-,33,34,35,36,37,40)/p+1. The van der Waals surface area contributed by atoms with Crippen molar-refractivity contribution < 1.29 is 4.79 Å². The SMILES string of the molecule is N#C[N+]1(c2ccccc2)CCN(C(=O)Nc2ccc3cc2CCc2cncc(c2)Nc2ncc(Cl)c(n2)N3)CC1. The molecule has 0 atom stereocenters. The van der Waals surface area contributed by atoms with E-state index in [1.165, 1.54) is 0 Å². The number of nitrogens with one attached hydrogen (secondary N) is 3. The highest BCUT2D eigenvalue weighted by atomic mass is 35.5. The van der Waals surface area contributed by atoms with E-state index in [1.807, 2.05) is 60.8 Å². The molecule has 0 radical (unpaired) electrons. The molecule has 0 aliphatic carbocycles.